The molecule has 0 aliphatic carbocycles. The predicted octanol–water partition coefficient (Wildman–Crippen LogP) is 2.21. The smallest absolute Gasteiger partial charge is 0.405 e. The van der Waals surface area contributed by atoms with Crippen LogP contribution in [-0.4, -0.2) is 48.4 Å². The number of hydrogen-bond donors (Lipinski definition) is 5. The number of nitrogens with zero attached hydrogens (tertiary/aromatic N) is 1. The summed E-state index contributed by atoms with van der Waals surface area (Å²) in [6, 6.07) is 6.87. The number of halogens is 1. The average Bonchev–Trinajstić information content (AvgIpc) is 3.05. The van der Waals surface area contributed by atoms with Crippen LogP contribution in [0.2, 0.25) is 0 Å². The van der Waals surface area contributed by atoms with E-state index in [9.17, 15) is 14.0 Å². The topological polar surface area (TPSA) is 125 Å². The first-order valence-corrected chi connectivity index (χ1v) is 8.95. The Morgan fingerprint density at radius 3 is 2.90 bits per heavy atom. The van der Waals surface area contributed by atoms with E-state index >= 15 is 0 Å². The molecule has 9 nitrogen and oxygen atoms in total. The second-order valence-electron chi connectivity index (χ2n) is 6.64. The highest BCUT2D eigenvalue weighted by atomic mass is 19.1. The number of rotatable bonds is 8. The molecule has 3 rings (SSSR count). The maximum Gasteiger partial charge on any atom is 0.405 e. The summed E-state index contributed by atoms with van der Waals surface area (Å²) in [6.45, 7) is 2.13. The van der Waals surface area contributed by atoms with Gasteiger partial charge in [0.05, 0.1) is 18.2 Å². The summed E-state index contributed by atoms with van der Waals surface area (Å²) in [7, 11) is 1.44. The van der Waals surface area contributed by atoms with Gasteiger partial charge in [-0.1, -0.05) is 12.1 Å². The monoisotopic (exact) mass is 403 g/mol. The van der Waals surface area contributed by atoms with Crippen molar-refractivity contribution in [2.75, 3.05) is 30.9 Å². The minimum atomic E-state index is -1.21. The van der Waals surface area contributed by atoms with E-state index in [1.807, 2.05) is 31.2 Å². The van der Waals surface area contributed by atoms with Crippen LogP contribution in [0.25, 0.3) is 0 Å². The molecule has 0 spiro atoms. The molecular weight excluding hydrogens is 381 g/mol. The van der Waals surface area contributed by atoms with Gasteiger partial charge in [0.15, 0.2) is 11.6 Å². The van der Waals surface area contributed by atoms with Crippen LogP contribution in [0, 0.1) is 12.7 Å². The van der Waals surface area contributed by atoms with E-state index in [1.165, 1.54) is 7.11 Å². The molecule has 0 saturated heterocycles. The summed E-state index contributed by atoms with van der Waals surface area (Å²) in [4.78, 5) is 27.4. The van der Waals surface area contributed by atoms with Crippen LogP contribution in [0.3, 0.4) is 0 Å². The van der Waals surface area contributed by atoms with Crippen molar-refractivity contribution in [2.45, 2.75) is 19.5 Å². The van der Waals surface area contributed by atoms with Gasteiger partial charge in [-0.25, -0.2) is 14.2 Å². The number of anilines is 3. The van der Waals surface area contributed by atoms with Crippen molar-refractivity contribution in [3.63, 3.8) is 0 Å². The van der Waals surface area contributed by atoms with Crippen LogP contribution < -0.4 is 21.3 Å². The third-order valence-corrected chi connectivity index (χ3v) is 4.38. The highest BCUT2D eigenvalue weighted by Gasteiger charge is 2.30. The first-order valence-electron chi connectivity index (χ1n) is 8.95. The second-order valence-corrected chi connectivity index (χ2v) is 6.64. The summed E-state index contributed by atoms with van der Waals surface area (Å²) in [5.74, 6) is -0.916. The number of amides is 2. The molecule has 2 heterocycles. The quantitative estimate of drug-likeness (QED) is 0.458. The van der Waals surface area contributed by atoms with Gasteiger partial charge in [-0.05, 0) is 24.6 Å². The Hall–Kier alpha value is -3.40. The fourth-order valence-corrected chi connectivity index (χ4v) is 3.09. The van der Waals surface area contributed by atoms with Crippen LogP contribution in [-0.2, 0) is 11.3 Å². The fraction of sp³-hybridized carbons (Fsp3) is 0.316. The molecule has 0 saturated carbocycles. The molecule has 0 radical (unpaired) electrons. The van der Waals surface area contributed by atoms with Gasteiger partial charge in [0.25, 0.3) is 5.91 Å². The molecule has 0 fully saturated rings. The molecule has 29 heavy (non-hydrogen) atoms. The van der Waals surface area contributed by atoms with Gasteiger partial charge in [0, 0.05) is 31.5 Å². The van der Waals surface area contributed by atoms with Gasteiger partial charge >= 0.3 is 6.09 Å². The van der Waals surface area contributed by atoms with Crippen molar-refractivity contribution < 1.29 is 23.8 Å². The first kappa shape index (κ1) is 20.3. The fourth-order valence-electron chi connectivity index (χ4n) is 3.09. The number of carboxylic acid groups (broad SMARTS) is 1. The van der Waals surface area contributed by atoms with Crippen LogP contribution in [0.1, 0.15) is 21.5 Å². The zero-order valence-electron chi connectivity index (χ0n) is 16.0. The Balaban J connectivity index is 1.90. The lowest BCUT2D eigenvalue weighted by molar-refractivity contribution is 0.0966. The molecule has 1 unspecified atom stereocenters. The van der Waals surface area contributed by atoms with E-state index in [4.69, 9.17) is 9.84 Å². The zero-order valence-corrected chi connectivity index (χ0v) is 16.0. The molecule has 154 valence electrons. The number of aryl methyl sites for hydroxylation is 1. The number of ether oxygens (including phenoxy) is 1. The number of nitrogens with one attached hydrogen (secondary N) is 4. The molecule has 2 aromatic rings. The van der Waals surface area contributed by atoms with E-state index in [1.54, 1.807) is 0 Å². The molecule has 5 N–H and O–H groups in total. The summed E-state index contributed by atoms with van der Waals surface area (Å²) >= 11 is 0. The molecule has 1 aliphatic heterocycles. The van der Waals surface area contributed by atoms with Gasteiger partial charge in [-0.2, -0.15) is 0 Å². The number of carbonyl (C=O) groups excluding carboxylic acids is 1. The lowest BCUT2D eigenvalue weighted by Crippen LogP contribution is -2.42. The van der Waals surface area contributed by atoms with E-state index < -0.39 is 23.9 Å². The Labute approximate surface area is 166 Å². The summed E-state index contributed by atoms with van der Waals surface area (Å²) < 4.78 is 19.9. The maximum absolute atomic E-state index is 14.9. The number of carbonyl (C=O) groups is 2. The predicted molar refractivity (Wildman–Crippen MR) is 105 cm³/mol. The molecule has 0 bridgehead atoms. The Morgan fingerprint density at radius 1 is 1.41 bits per heavy atom. The van der Waals surface area contributed by atoms with Gasteiger partial charge in [0.2, 0.25) is 0 Å². The van der Waals surface area contributed by atoms with Crippen LogP contribution in [0.5, 0.6) is 0 Å². The molecule has 1 aromatic carbocycles. The third-order valence-electron chi connectivity index (χ3n) is 4.38. The first-order chi connectivity index (χ1) is 13.9. The van der Waals surface area contributed by atoms with Crippen molar-refractivity contribution in [3.05, 3.63) is 46.8 Å². The lowest BCUT2D eigenvalue weighted by Gasteiger charge is -2.19. The molecule has 1 aliphatic rings. The number of benzene rings is 1. The normalized spacial score (nSPS) is 13.4. The Morgan fingerprint density at radius 2 is 2.21 bits per heavy atom. The summed E-state index contributed by atoms with van der Waals surface area (Å²) in [6.07, 6.45) is -1.21. The average molecular weight is 403 g/mol. The number of aromatic nitrogens is 1. The highest BCUT2D eigenvalue weighted by Crippen LogP contribution is 2.31. The number of fused-ring (bicyclic) bond motifs is 1. The van der Waals surface area contributed by atoms with Crippen LogP contribution in [0.4, 0.5) is 26.5 Å². The minimum absolute atomic E-state index is 0.0497. The molecule has 10 heteroatoms. The van der Waals surface area contributed by atoms with E-state index in [0.717, 1.165) is 5.56 Å². The van der Waals surface area contributed by atoms with Crippen LogP contribution in [0.15, 0.2) is 24.3 Å². The van der Waals surface area contributed by atoms with Gasteiger partial charge in [-0.3, -0.25) is 4.79 Å². The standard InChI is InChI=1S/C19H22FN5O4/c1-10-4-3-5-11(6-10)23-16-14-13(8-22-18(14)26)15(20)17(25-16)21-7-12(9-29-2)24-19(27)28/h3-6,12,24H,7-9H2,1-2H3,(H,22,26)(H,27,28)(H2,21,23,25). The van der Waals surface area contributed by atoms with Gasteiger partial charge < -0.3 is 31.1 Å². The van der Waals surface area contributed by atoms with Crippen molar-refractivity contribution in [3.8, 4) is 0 Å². The van der Waals surface area contributed by atoms with E-state index in [2.05, 4.69) is 26.3 Å². The largest absolute Gasteiger partial charge is 0.465 e. The zero-order chi connectivity index (χ0) is 21.0. The third kappa shape index (κ3) is 4.72. The number of hydrogen-bond acceptors (Lipinski definition) is 6. The molecule has 1 atom stereocenters. The van der Waals surface area contributed by atoms with Gasteiger partial charge in [-0.15, -0.1) is 0 Å². The maximum atomic E-state index is 14.9. The summed E-state index contributed by atoms with van der Waals surface area (Å²) in [5, 5.41) is 19.7. The van der Waals surface area contributed by atoms with Crippen molar-refractivity contribution in [1.29, 1.82) is 0 Å². The lowest BCUT2D eigenvalue weighted by atomic mass is 10.1. The minimum Gasteiger partial charge on any atom is -0.465 e. The van der Waals surface area contributed by atoms with Crippen LogP contribution >= 0.6 is 0 Å². The Bertz CT molecular complexity index is 937. The SMILES string of the molecule is COCC(CNc1nc(Nc2cccc(C)c2)c2c(c1F)CNC2=O)NC(=O)O. The van der Waals surface area contributed by atoms with Crippen molar-refractivity contribution >= 4 is 29.3 Å². The van der Waals surface area contributed by atoms with E-state index in [-0.39, 0.29) is 42.5 Å². The highest BCUT2D eigenvalue weighted by molar-refractivity contribution is 6.03. The molecule has 2 amide bonds. The van der Waals surface area contributed by atoms with Gasteiger partial charge in [0.1, 0.15) is 5.82 Å². The van der Waals surface area contributed by atoms with Crippen molar-refractivity contribution in [1.82, 2.24) is 15.6 Å². The molecular formula is C19H22FN5O4. The van der Waals surface area contributed by atoms with E-state index in [0.29, 0.717) is 5.69 Å². The second kappa shape index (κ2) is 8.74. The number of methoxy groups -OCH3 is 1. The molecule has 1 aromatic heterocycles. The Kier molecular flexibility index (Phi) is 6.13. The number of pyridine rings is 1. The van der Waals surface area contributed by atoms with Crippen molar-refractivity contribution in [2.24, 2.45) is 0 Å². The summed E-state index contributed by atoms with van der Waals surface area (Å²) in [5.41, 5.74) is 2.09.